The van der Waals surface area contributed by atoms with Crippen LogP contribution in [0.1, 0.15) is 52.3 Å². The summed E-state index contributed by atoms with van der Waals surface area (Å²) < 4.78 is 24.9. The molecule has 0 aliphatic carbocycles. The van der Waals surface area contributed by atoms with Crippen molar-refractivity contribution in [1.82, 2.24) is 24.4 Å². The van der Waals surface area contributed by atoms with Crippen LogP contribution >= 0.6 is 11.6 Å². The third-order valence-corrected chi connectivity index (χ3v) is 8.19. The van der Waals surface area contributed by atoms with Gasteiger partial charge in [-0.05, 0) is 49.6 Å². The van der Waals surface area contributed by atoms with Gasteiger partial charge in [0.2, 0.25) is 5.28 Å². The van der Waals surface area contributed by atoms with Crippen molar-refractivity contribution >= 4 is 52.2 Å². The molecule has 2 N–H and O–H groups in total. The Morgan fingerprint density at radius 1 is 1.12 bits per heavy atom. The van der Waals surface area contributed by atoms with Crippen LogP contribution in [0, 0.1) is 18.3 Å². The molecule has 1 aromatic carbocycles. The smallest absolute Gasteiger partial charge is 0.350 e. The molecule has 15 heteroatoms. The van der Waals surface area contributed by atoms with Crippen LogP contribution in [-0.2, 0) is 35.0 Å². The van der Waals surface area contributed by atoms with Crippen molar-refractivity contribution in [3.63, 3.8) is 0 Å². The predicted octanol–water partition coefficient (Wildman–Crippen LogP) is 4.01. The van der Waals surface area contributed by atoms with Crippen molar-refractivity contribution < 1.29 is 33.3 Å². The number of aromatic nitrogens is 4. The minimum absolute atomic E-state index is 0.00309. The van der Waals surface area contributed by atoms with Gasteiger partial charge < -0.3 is 29.6 Å². The maximum atomic E-state index is 13.6. The van der Waals surface area contributed by atoms with Crippen LogP contribution < -0.4 is 10.6 Å². The van der Waals surface area contributed by atoms with Crippen LogP contribution in [0.2, 0.25) is 5.28 Å². The van der Waals surface area contributed by atoms with Gasteiger partial charge in [0.1, 0.15) is 11.7 Å². The molecule has 3 aromatic rings. The lowest BCUT2D eigenvalue weighted by molar-refractivity contribution is -0.195. The Bertz CT molecular complexity index is 1620. The fourth-order valence-electron chi connectivity index (χ4n) is 5.65. The molecule has 4 heterocycles. The van der Waals surface area contributed by atoms with Crippen LogP contribution in [-0.4, -0.2) is 94.1 Å². The van der Waals surface area contributed by atoms with Gasteiger partial charge in [-0.2, -0.15) is 9.97 Å². The van der Waals surface area contributed by atoms with E-state index in [9.17, 15) is 14.4 Å². The average Bonchev–Trinajstić information content (AvgIpc) is 3.70. The number of halogens is 1. The number of amides is 2. The van der Waals surface area contributed by atoms with E-state index in [1.807, 2.05) is 13.8 Å². The maximum Gasteiger partial charge on any atom is 0.350 e. The molecule has 0 spiro atoms. The number of esters is 2. The monoisotopic (exact) mass is 683 g/mol. The molecule has 2 aliphatic heterocycles. The van der Waals surface area contributed by atoms with Gasteiger partial charge in [-0.3, -0.25) is 9.47 Å². The molecule has 258 valence electrons. The summed E-state index contributed by atoms with van der Waals surface area (Å²) in [5, 5.41) is -0.0466. The fourth-order valence-corrected chi connectivity index (χ4v) is 5.82. The summed E-state index contributed by atoms with van der Waals surface area (Å²) in [4.78, 5) is 55.6. The molecule has 2 aromatic heterocycles. The Kier molecular flexibility index (Phi) is 12.2. The number of imidazole rings is 1. The van der Waals surface area contributed by atoms with Gasteiger partial charge in [0.25, 0.3) is 5.60 Å². The van der Waals surface area contributed by atoms with Crippen molar-refractivity contribution in [3.05, 3.63) is 41.4 Å². The van der Waals surface area contributed by atoms with E-state index in [1.165, 1.54) is 6.33 Å². The molecule has 2 saturated heterocycles. The first-order valence-electron chi connectivity index (χ1n) is 16.0. The number of anilines is 2. The number of hydrogen-bond donors (Lipinski definition) is 1. The molecule has 2 aliphatic rings. The molecule has 3 atom stereocenters. The lowest BCUT2D eigenvalue weighted by Crippen LogP contribution is -2.54. The largest absolute Gasteiger partial charge is 0.463 e. The lowest BCUT2D eigenvalue weighted by atomic mass is 9.93. The van der Waals surface area contributed by atoms with Crippen molar-refractivity contribution in [3.8, 4) is 12.3 Å². The van der Waals surface area contributed by atoms with Gasteiger partial charge in [-0.15, -0.1) is 12.3 Å². The average molecular weight is 684 g/mol. The highest BCUT2D eigenvalue weighted by Crippen LogP contribution is 2.37. The van der Waals surface area contributed by atoms with Gasteiger partial charge in [-0.25, -0.2) is 19.4 Å². The number of nitrogens with zero attached hydrogens (tertiary/aromatic N) is 6. The van der Waals surface area contributed by atoms with Crippen molar-refractivity contribution in [2.45, 2.75) is 64.9 Å². The first-order chi connectivity index (χ1) is 23.1. The van der Waals surface area contributed by atoms with Crippen molar-refractivity contribution in [1.29, 1.82) is 0 Å². The number of urea groups is 1. The summed E-state index contributed by atoms with van der Waals surface area (Å²) in [6, 6.07) is 6.91. The quantitative estimate of drug-likeness (QED) is 0.134. The number of hydrogen-bond acceptors (Lipinski definition) is 11. The summed E-state index contributed by atoms with van der Waals surface area (Å²) in [5.41, 5.74) is 5.81. The molecular weight excluding hydrogens is 642 g/mol. The summed E-state index contributed by atoms with van der Waals surface area (Å²) in [6.45, 7) is 8.31. The number of carbonyl (C=O) groups is 3. The molecule has 5 rings (SSSR count). The normalized spacial score (nSPS) is 19.4. The summed E-state index contributed by atoms with van der Waals surface area (Å²) >= 11 is 6.04. The first-order valence-corrected chi connectivity index (χ1v) is 16.4. The van der Waals surface area contributed by atoms with Gasteiger partial charge in [-0.1, -0.05) is 26.0 Å². The number of carbonyl (C=O) groups excluding carboxylic acids is 3. The maximum absolute atomic E-state index is 13.6. The van der Waals surface area contributed by atoms with Crippen molar-refractivity contribution in [2.75, 3.05) is 50.6 Å². The number of nitrogens with two attached hydrogens (primary N) is 1. The number of nitrogen functional groups attached to an aromatic ring is 1. The van der Waals surface area contributed by atoms with E-state index < -0.39 is 35.8 Å². The first kappa shape index (κ1) is 36.4. The van der Waals surface area contributed by atoms with E-state index in [2.05, 4.69) is 20.9 Å². The highest BCUT2D eigenvalue weighted by atomic mass is 35.5. The summed E-state index contributed by atoms with van der Waals surface area (Å²) in [7, 11) is 1.76. The molecule has 2 amide bonds. The number of terminal acetylenes is 1. The summed E-state index contributed by atoms with van der Waals surface area (Å²) in [6.07, 6.45) is 7.04. The van der Waals surface area contributed by atoms with Crippen LogP contribution in [0.5, 0.6) is 0 Å². The van der Waals surface area contributed by atoms with Crippen LogP contribution in [0.15, 0.2) is 30.6 Å². The van der Waals surface area contributed by atoms with E-state index in [-0.39, 0.29) is 43.4 Å². The SMILES string of the molecule is C#CC1CC(n2cnc3c(N)nc(Cl)nc32)OC1COC(Cc1ccc(N2CCCN(C)C2=O)cc1)(C(=O)OCC)C(=O)OCC.CC. The number of benzene rings is 1. The van der Waals surface area contributed by atoms with E-state index in [1.54, 1.807) is 59.5 Å². The molecule has 0 saturated carbocycles. The zero-order valence-corrected chi connectivity index (χ0v) is 28.6. The lowest BCUT2D eigenvalue weighted by Gasteiger charge is -2.33. The topological polar surface area (TPSA) is 164 Å². The number of fused-ring (bicyclic) bond motifs is 1. The third kappa shape index (κ3) is 7.48. The van der Waals surface area contributed by atoms with E-state index >= 15 is 0 Å². The Hall–Kier alpha value is -4.45. The van der Waals surface area contributed by atoms with E-state index in [0.717, 1.165) is 6.42 Å². The van der Waals surface area contributed by atoms with E-state index in [0.29, 0.717) is 41.9 Å². The van der Waals surface area contributed by atoms with Gasteiger partial charge in [0.15, 0.2) is 11.5 Å². The molecule has 0 bridgehead atoms. The molecular formula is C33H42ClN7O7. The molecule has 0 radical (unpaired) electrons. The number of rotatable bonds is 11. The van der Waals surface area contributed by atoms with Gasteiger partial charge >= 0.3 is 18.0 Å². The molecule has 48 heavy (non-hydrogen) atoms. The zero-order chi connectivity index (χ0) is 35.0. The van der Waals surface area contributed by atoms with Crippen LogP contribution in [0.25, 0.3) is 11.2 Å². The third-order valence-electron chi connectivity index (χ3n) is 8.02. The minimum atomic E-state index is -2.16. The van der Waals surface area contributed by atoms with E-state index in [4.69, 9.17) is 42.7 Å². The van der Waals surface area contributed by atoms with Gasteiger partial charge in [0.05, 0.1) is 38.2 Å². The van der Waals surface area contributed by atoms with Crippen molar-refractivity contribution in [2.24, 2.45) is 5.92 Å². The van der Waals surface area contributed by atoms with Crippen LogP contribution in [0.3, 0.4) is 0 Å². The minimum Gasteiger partial charge on any atom is -0.463 e. The molecule has 3 unspecified atom stereocenters. The summed E-state index contributed by atoms with van der Waals surface area (Å²) in [5.74, 6) is 0.581. The highest BCUT2D eigenvalue weighted by Gasteiger charge is 2.52. The molecule has 14 nitrogen and oxygen atoms in total. The molecule has 2 fully saturated rings. The Balaban J connectivity index is 0.00000255. The highest BCUT2D eigenvalue weighted by molar-refractivity contribution is 6.28. The second-order valence-electron chi connectivity index (χ2n) is 11.0. The van der Waals surface area contributed by atoms with Gasteiger partial charge in [0, 0.05) is 38.7 Å². The second kappa shape index (κ2) is 16.1. The Labute approximate surface area is 284 Å². The fraction of sp³-hybridized carbons (Fsp3) is 0.515. The Morgan fingerprint density at radius 2 is 1.79 bits per heavy atom. The predicted molar refractivity (Wildman–Crippen MR) is 179 cm³/mol. The zero-order valence-electron chi connectivity index (χ0n) is 27.8. The second-order valence-corrected chi connectivity index (χ2v) is 11.3. The number of ether oxygens (including phenoxy) is 4. The standard InChI is InChI=1S/C31H36ClN7O7.C2H6/c1-5-20-15-23(39-18-34-24-25(33)35-29(32)36-26(24)39)46-22(20)17-45-31(27(40)43-6-2,28(41)44-7-3)16-19-9-11-21(12-10-19)38-14-8-13-37(4)30(38)42;1-2/h1,9-12,18,20,22-23H,6-8,13-17H2,2-4H3,(H2,33,35,36);1-2H3. The van der Waals surface area contributed by atoms with Crippen LogP contribution in [0.4, 0.5) is 16.3 Å². The Morgan fingerprint density at radius 3 is 2.42 bits per heavy atom.